The van der Waals surface area contributed by atoms with Crippen LogP contribution in [0, 0.1) is 0 Å². The molecule has 4 heteroatoms. The van der Waals surface area contributed by atoms with Crippen LogP contribution in [-0.4, -0.2) is 9.97 Å². The third kappa shape index (κ3) is 2.74. The van der Waals surface area contributed by atoms with Crippen molar-refractivity contribution >= 4 is 5.82 Å². The standard InChI is InChI=1S/C16H19N3O/c1-2-4-15-18-14(17)10-16(19-15)20-13-8-7-11-5-3-6-12(11)9-13/h7-10H,2-6H2,1H3,(H2,17,18,19). The van der Waals surface area contributed by atoms with Crippen molar-refractivity contribution in [3.05, 3.63) is 41.2 Å². The fraction of sp³-hybridized carbons (Fsp3) is 0.375. The van der Waals surface area contributed by atoms with Gasteiger partial charge in [0.2, 0.25) is 5.88 Å². The summed E-state index contributed by atoms with van der Waals surface area (Å²) in [5, 5.41) is 0. The van der Waals surface area contributed by atoms with E-state index >= 15 is 0 Å². The predicted molar refractivity (Wildman–Crippen MR) is 79.0 cm³/mol. The lowest BCUT2D eigenvalue weighted by Crippen LogP contribution is -2.01. The van der Waals surface area contributed by atoms with Gasteiger partial charge in [-0.15, -0.1) is 0 Å². The van der Waals surface area contributed by atoms with Crippen LogP contribution in [0.2, 0.25) is 0 Å². The van der Waals surface area contributed by atoms with Gasteiger partial charge in [0.1, 0.15) is 17.4 Å². The smallest absolute Gasteiger partial charge is 0.224 e. The molecule has 1 heterocycles. The summed E-state index contributed by atoms with van der Waals surface area (Å²) in [6, 6.07) is 7.93. The minimum absolute atomic E-state index is 0.458. The summed E-state index contributed by atoms with van der Waals surface area (Å²) < 4.78 is 5.84. The monoisotopic (exact) mass is 269 g/mol. The summed E-state index contributed by atoms with van der Waals surface area (Å²) in [7, 11) is 0. The van der Waals surface area contributed by atoms with Crippen LogP contribution in [0.15, 0.2) is 24.3 Å². The zero-order chi connectivity index (χ0) is 13.9. The summed E-state index contributed by atoms with van der Waals surface area (Å²) >= 11 is 0. The van der Waals surface area contributed by atoms with Gasteiger partial charge in [-0.3, -0.25) is 0 Å². The Kier molecular flexibility index (Phi) is 3.54. The molecule has 0 atom stereocenters. The first-order chi connectivity index (χ1) is 9.74. The van der Waals surface area contributed by atoms with Crippen LogP contribution < -0.4 is 10.5 Å². The van der Waals surface area contributed by atoms with Crippen LogP contribution in [0.3, 0.4) is 0 Å². The van der Waals surface area contributed by atoms with Crippen molar-refractivity contribution in [2.45, 2.75) is 39.0 Å². The molecular weight excluding hydrogens is 250 g/mol. The molecule has 0 amide bonds. The molecule has 0 saturated heterocycles. The molecule has 4 nitrogen and oxygen atoms in total. The Bertz CT molecular complexity index is 625. The molecule has 1 aromatic carbocycles. The molecule has 0 fully saturated rings. The molecular formula is C16H19N3O. The lowest BCUT2D eigenvalue weighted by atomic mass is 10.1. The highest BCUT2D eigenvalue weighted by molar-refractivity contribution is 5.41. The Balaban J connectivity index is 1.83. The molecule has 1 aliphatic carbocycles. The van der Waals surface area contributed by atoms with Crippen LogP contribution in [0.25, 0.3) is 0 Å². The molecule has 1 aromatic heterocycles. The number of fused-ring (bicyclic) bond motifs is 1. The maximum Gasteiger partial charge on any atom is 0.224 e. The van der Waals surface area contributed by atoms with E-state index in [0.29, 0.717) is 11.7 Å². The highest BCUT2D eigenvalue weighted by Crippen LogP contribution is 2.28. The zero-order valence-electron chi connectivity index (χ0n) is 11.7. The molecule has 104 valence electrons. The summed E-state index contributed by atoms with van der Waals surface area (Å²) in [6.07, 6.45) is 5.35. The predicted octanol–water partition coefficient (Wildman–Crippen LogP) is 3.29. The second kappa shape index (κ2) is 5.49. The van der Waals surface area contributed by atoms with Crippen LogP contribution in [0.4, 0.5) is 5.82 Å². The zero-order valence-corrected chi connectivity index (χ0v) is 11.7. The Morgan fingerprint density at radius 1 is 1.15 bits per heavy atom. The lowest BCUT2D eigenvalue weighted by Gasteiger charge is -2.08. The van der Waals surface area contributed by atoms with Crippen molar-refractivity contribution in [1.82, 2.24) is 9.97 Å². The first-order valence-corrected chi connectivity index (χ1v) is 7.17. The molecule has 3 rings (SSSR count). The fourth-order valence-electron chi connectivity index (χ4n) is 2.61. The Hall–Kier alpha value is -2.10. The second-order valence-corrected chi connectivity index (χ2v) is 5.18. The topological polar surface area (TPSA) is 61.0 Å². The quantitative estimate of drug-likeness (QED) is 0.925. The van der Waals surface area contributed by atoms with Crippen molar-refractivity contribution < 1.29 is 4.74 Å². The van der Waals surface area contributed by atoms with Crippen LogP contribution in [-0.2, 0) is 19.3 Å². The average Bonchev–Trinajstić information content (AvgIpc) is 2.85. The van der Waals surface area contributed by atoms with E-state index in [-0.39, 0.29) is 0 Å². The van der Waals surface area contributed by atoms with Gasteiger partial charge in [-0.25, -0.2) is 4.98 Å². The number of hydrogen-bond donors (Lipinski definition) is 1. The Morgan fingerprint density at radius 2 is 2.00 bits per heavy atom. The van der Waals surface area contributed by atoms with E-state index in [1.165, 1.54) is 24.0 Å². The third-order valence-electron chi connectivity index (χ3n) is 3.53. The fourth-order valence-corrected chi connectivity index (χ4v) is 2.61. The van der Waals surface area contributed by atoms with Gasteiger partial charge in [-0.2, -0.15) is 4.98 Å². The van der Waals surface area contributed by atoms with Crippen LogP contribution in [0.5, 0.6) is 11.6 Å². The SMILES string of the molecule is CCCc1nc(N)cc(Oc2ccc3c(c2)CCC3)n1. The molecule has 0 radical (unpaired) electrons. The van der Waals surface area contributed by atoms with Gasteiger partial charge in [0.15, 0.2) is 0 Å². The average molecular weight is 269 g/mol. The Labute approximate surface area is 119 Å². The molecule has 2 aromatic rings. The number of hydrogen-bond acceptors (Lipinski definition) is 4. The maximum atomic E-state index is 5.84. The van der Waals surface area contributed by atoms with Gasteiger partial charge in [-0.05, 0) is 48.9 Å². The molecule has 0 spiro atoms. The van der Waals surface area contributed by atoms with Crippen molar-refractivity contribution in [2.24, 2.45) is 0 Å². The highest BCUT2D eigenvalue weighted by atomic mass is 16.5. The number of nitrogen functional groups attached to an aromatic ring is 1. The number of aryl methyl sites for hydroxylation is 3. The molecule has 0 aliphatic heterocycles. The first kappa shape index (κ1) is 12.9. The van der Waals surface area contributed by atoms with Crippen molar-refractivity contribution in [2.75, 3.05) is 5.73 Å². The number of nitrogens with two attached hydrogens (primary N) is 1. The first-order valence-electron chi connectivity index (χ1n) is 7.17. The van der Waals surface area contributed by atoms with E-state index in [0.717, 1.165) is 30.8 Å². The van der Waals surface area contributed by atoms with Crippen molar-refractivity contribution in [3.8, 4) is 11.6 Å². The van der Waals surface area contributed by atoms with Gasteiger partial charge < -0.3 is 10.5 Å². The number of aromatic nitrogens is 2. The lowest BCUT2D eigenvalue weighted by molar-refractivity contribution is 0.458. The van der Waals surface area contributed by atoms with E-state index < -0.39 is 0 Å². The second-order valence-electron chi connectivity index (χ2n) is 5.18. The van der Waals surface area contributed by atoms with Crippen LogP contribution >= 0.6 is 0 Å². The Morgan fingerprint density at radius 3 is 2.85 bits per heavy atom. The van der Waals surface area contributed by atoms with Gasteiger partial charge in [0.25, 0.3) is 0 Å². The minimum Gasteiger partial charge on any atom is -0.439 e. The third-order valence-corrected chi connectivity index (χ3v) is 3.53. The van der Waals surface area contributed by atoms with Gasteiger partial charge in [0, 0.05) is 12.5 Å². The summed E-state index contributed by atoms with van der Waals surface area (Å²) in [4.78, 5) is 8.61. The molecule has 1 aliphatic rings. The van der Waals surface area contributed by atoms with Gasteiger partial charge in [-0.1, -0.05) is 13.0 Å². The van der Waals surface area contributed by atoms with E-state index in [2.05, 4.69) is 29.0 Å². The molecule has 20 heavy (non-hydrogen) atoms. The number of benzene rings is 1. The van der Waals surface area contributed by atoms with E-state index in [1.54, 1.807) is 6.07 Å². The molecule has 0 saturated carbocycles. The maximum absolute atomic E-state index is 5.84. The van der Waals surface area contributed by atoms with Crippen molar-refractivity contribution in [3.63, 3.8) is 0 Å². The largest absolute Gasteiger partial charge is 0.439 e. The summed E-state index contributed by atoms with van der Waals surface area (Å²) in [5.41, 5.74) is 8.63. The van der Waals surface area contributed by atoms with E-state index in [4.69, 9.17) is 10.5 Å². The van der Waals surface area contributed by atoms with Gasteiger partial charge >= 0.3 is 0 Å². The van der Waals surface area contributed by atoms with Crippen molar-refractivity contribution in [1.29, 1.82) is 0 Å². The molecule has 2 N–H and O–H groups in total. The van der Waals surface area contributed by atoms with E-state index in [1.807, 2.05) is 6.07 Å². The number of anilines is 1. The van der Waals surface area contributed by atoms with E-state index in [9.17, 15) is 0 Å². The molecule has 0 unspecified atom stereocenters. The number of ether oxygens (including phenoxy) is 1. The minimum atomic E-state index is 0.458. The summed E-state index contributed by atoms with van der Waals surface area (Å²) in [5.74, 6) is 2.55. The number of nitrogens with zero attached hydrogens (tertiary/aromatic N) is 2. The van der Waals surface area contributed by atoms with Crippen LogP contribution in [0.1, 0.15) is 36.7 Å². The normalized spacial score (nSPS) is 13.2. The van der Waals surface area contributed by atoms with Gasteiger partial charge in [0.05, 0.1) is 0 Å². The molecule has 0 bridgehead atoms. The highest BCUT2D eigenvalue weighted by Gasteiger charge is 2.12. The summed E-state index contributed by atoms with van der Waals surface area (Å²) in [6.45, 7) is 2.09. The number of rotatable bonds is 4.